The molecule has 0 aliphatic heterocycles. The van der Waals surface area contributed by atoms with Crippen LogP contribution in [0.4, 0.5) is 5.82 Å². The molecule has 118 valence electrons. The number of aromatic nitrogens is 2. The van der Waals surface area contributed by atoms with Gasteiger partial charge in [0.1, 0.15) is 5.75 Å². The standard InChI is InChI=1S/C16H22N4O2/c1-17-15-14(20(2)12-19-15)16(21)18-10-6-7-11-22-13-8-4-3-5-9-13/h3-5,8-9,12,17H,6-7,10-11H2,1-2H3,(H,18,21). The van der Waals surface area contributed by atoms with Gasteiger partial charge in [0.15, 0.2) is 11.5 Å². The average Bonchev–Trinajstić information content (AvgIpc) is 2.92. The van der Waals surface area contributed by atoms with E-state index in [9.17, 15) is 4.79 Å². The van der Waals surface area contributed by atoms with Crippen molar-refractivity contribution in [1.82, 2.24) is 14.9 Å². The fourth-order valence-electron chi connectivity index (χ4n) is 2.10. The minimum atomic E-state index is -0.117. The van der Waals surface area contributed by atoms with Gasteiger partial charge in [-0.25, -0.2) is 4.98 Å². The smallest absolute Gasteiger partial charge is 0.271 e. The number of nitrogens with zero attached hydrogens (tertiary/aromatic N) is 2. The summed E-state index contributed by atoms with van der Waals surface area (Å²) < 4.78 is 7.31. The minimum Gasteiger partial charge on any atom is -0.494 e. The molecule has 6 heteroatoms. The molecule has 0 aliphatic carbocycles. The van der Waals surface area contributed by atoms with Crippen LogP contribution in [-0.4, -0.2) is 35.7 Å². The number of carbonyl (C=O) groups is 1. The van der Waals surface area contributed by atoms with E-state index in [1.807, 2.05) is 30.3 Å². The Labute approximate surface area is 130 Å². The number of para-hydroxylation sites is 1. The fourth-order valence-corrected chi connectivity index (χ4v) is 2.10. The van der Waals surface area contributed by atoms with Crippen molar-refractivity contribution in [3.63, 3.8) is 0 Å². The summed E-state index contributed by atoms with van der Waals surface area (Å²) in [4.78, 5) is 16.2. The van der Waals surface area contributed by atoms with E-state index in [4.69, 9.17) is 4.74 Å². The quantitative estimate of drug-likeness (QED) is 0.732. The second-order valence-electron chi connectivity index (χ2n) is 4.93. The Kier molecular flexibility index (Phi) is 5.82. The normalized spacial score (nSPS) is 10.3. The first kappa shape index (κ1) is 15.9. The third-order valence-corrected chi connectivity index (χ3v) is 3.26. The van der Waals surface area contributed by atoms with E-state index in [1.54, 1.807) is 25.0 Å². The number of aryl methyl sites for hydroxylation is 1. The lowest BCUT2D eigenvalue weighted by Gasteiger charge is -2.08. The van der Waals surface area contributed by atoms with Crippen molar-refractivity contribution < 1.29 is 9.53 Å². The number of hydrogen-bond donors (Lipinski definition) is 2. The molecule has 1 aromatic carbocycles. The number of nitrogens with one attached hydrogen (secondary N) is 2. The molecule has 2 rings (SSSR count). The molecule has 0 aliphatic rings. The predicted octanol–water partition coefficient (Wildman–Crippen LogP) is 2.05. The van der Waals surface area contributed by atoms with Crippen LogP contribution in [0.15, 0.2) is 36.7 Å². The van der Waals surface area contributed by atoms with Crippen LogP contribution in [0.5, 0.6) is 5.75 Å². The highest BCUT2D eigenvalue weighted by Crippen LogP contribution is 2.11. The summed E-state index contributed by atoms with van der Waals surface area (Å²) in [5.41, 5.74) is 0.544. The Balaban J connectivity index is 1.66. The first-order valence-electron chi connectivity index (χ1n) is 7.37. The predicted molar refractivity (Wildman–Crippen MR) is 86.3 cm³/mol. The Bertz CT molecular complexity index is 595. The molecule has 0 fully saturated rings. The summed E-state index contributed by atoms with van der Waals surface area (Å²) in [7, 11) is 3.55. The summed E-state index contributed by atoms with van der Waals surface area (Å²) in [5.74, 6) is 1.35. The van der Waals surface area contributed by atoms with E-state index < -0.39 is 0 Å². The highest BCUT2D eigenvalue weighted by Gasteiger charge is 2.15. The fraction of sp³-hybridized carbons (Fsp3) is 0.375. The summed E-state index contributed by atoms with van der Waals surface area (Å²) >= 11 is 0. The molecule has 0 saturated carbocycles. The van der Waals surface area contributed by atoms with E-state index in [-0.39, 0.29) is 5.91 Å². The molecule has 1 aromatic heterocycles. The topological polar surface area (TPSA) is 68.2 Å². The Morgan fingerprint density at radius 2 is 2.05 bits per heavy atom. The highest BCUT2D eigenvalue weighted by molar-refractivity contribution is 5.97. The number of ether oxygens (including phenoxy) is 1. The SMILES string of the molecule is CNc1ncn(C)c1C(=O)NCCCCOc1ccccc1. The molecule has 0 bridgehead atoms. The molecule has 1 amide bonds. The lowest BCUT2D eigenvalue weighted by atomic mass is 10.3. The van der Waals surface area contributed by atoms with Crippen molar-refractivity contribution in [2.45, 2.75) is 12.8 Å². The lowest BCUT2D eigenvalue weighted by molar-refractivity contribution is 0.0945. The first-order chi connectivity index (χ1) is 10.7. The maximum atomic E-state index is 12.1. The number of unbranched alkanes of at least 4 members (excludes halogenated alkanes) is 1. The highest BCUT2D eigenvalue weighted by atomic mass is 16.5. The monoisotopic (exact) mass is 302 g/mol. The largest absolute Gasteiger partial charge is 0.494 e. The van der Waals surface area contributed by atoms with Crippen LogP contribution in [0.25, 0.3) is 0 Å². The van der Waals surface area contributed by atoms with Crippen LogP contribution >= 0.6 is 0 Å². The van der Waals surface area contributed by atoms with Crippen LogP contribution in [0.2, 0.25) is 0 Å². The first-order valence-corrected chi connectivity index (χ1v) is 7.37. The molecule has 2 N–H and O–H groups in total. The summed E-state index contributed by atoms with van der Waals surface area (Å²) in [6.45, 7) is 1.26. The molecular weight excluding hydrogens is 280 g/mol. The summed E-state index contributed by atoms with van der Waals surface area (Å²) in [6, 6.07) is 9.72. The number of rotatable bonds is 8. The van der Waals surface area contributed by atoms with Crippen molar-refractivity contribution in [2.24, 2.45) is 7.05 Å². The van der Waals surface area contributed by atoms with Crippen molar-refractivity contribution in [3.8, 4) is 5.75 Å². The summed E-state index contributed by atoms with van der Waals surface area (Å²) in [5, 5.41) is 5.82. The van der Waals surface area contributed by atoms with Crippen molar-refractivity contribution in [2.75, 3.05) is 25.5 Å². The van der Waals surface area contributed by atoms with Crippen molar-refractivity contribution >= 4 is 11.7 Å². The van der Waals surface area contributed by atoms with Gasteiger partial charge in [0, 0.05) is 20.6 Å². The van der Waals surface area contributed by atoms with Gasteiger partial charge in [-0.15, -0.1) is 0 Å². The van der Waals surface area contributed by atoms with Gasteiger partial charge in [-0.1, -0.05) is 18.2 Å². The molecule has 1 heterocycles. The second-order valence-corrected chi connectivity index (χ2v) is 4.93. The minimum absolute atomic E-state index is 0.117. The van der Waals surface area contributed by atoms with Crippen LogP contribution in [-0.2, 0) is 7.05 Å². The third kappa shape index (κ3) is 4.25. The zero-order valence-corrected chi connectivity index (χ0v) is 13.0. The number of anilines is 1. The Hall–Kier alpha value is -2.50. The third-order valence-electron chi connectivity index (χ3n) is 3.26. The van der Waals surface area contributed by atoms with Gasteiger partial charge in [-0.2, -0.15) is 0 Å². The number of carbonyl (C=O) groups excluding carboxylic acids is 1. The van der Waals surface area contributed by atoms with Crippen LogP contribution in [0, 0.1) is 0 Å². The van der Waals surface area contributed by atoms with Crippen LogP contribution in [0.1, 0.15) is 23.3 Å². The van der Waals surface area contributed by atoms with Crippen LogP contribution in [0.3, 0.4) is 0 Å². The van der Waals surface area contributed by atoms with E-state index in [2.05, 4.69) is 15.6 Å². The molecular formula is C16H22N4O2. The molecule has 22 heavy (non-hydrogen) atoms. The van der Waals surface area contributed by atoms with E-state index in [0.717, 1.165) is 18.6 Å². The van der Waals surface area contributed by atoms with Gasteiger partial charge in [-0.3, -0.25) is 4.79 Å². The molecule has 0 unspecified atom stereocenters. The molecule has 0 saturated heterocycles. The van der Waals surface area contributed by atoms with Gasteiger partial charge < -0.3 is 19.9 Å². The second kappa shape index (κ2) is 8.07. The van der Waals surface area contributed by atoms with Gasteiger partial charge in [0.2, 0.25) is 0 Å². The zero-order chi connectivity index (χ0) is 15.8. The van der Waals surface area contributed by atoms with Gasteiger partial charge in [0.05, 0.1) is 12.9 Å². The van der Waals surface area contributed by atoms with E-state index in [0.29, 0.717) is 24.7 Å². The van der Waals surface area contributed by atoms with Crippen molar-refractivity contribution in [3.05, 3.63) is 42.4 Å². The zero-order valence-electron chi connectivity index (χ0n) is 13.0. The molecule has 0 atom stereocenters. The Morgan fingerprint density at radius 1 is 1.27 bits per heavy atom. The van der Waals surface area contributed by atoms with Gasteiger partial charge in [0.25, 0.3) is 5.91 Å². The maximum Gasteiger partial charge on any atom is 0.271 e. The maximum absolute atomic E-state index is 12.1. The lowest BCUT2D eigenvalue weighted by Crippen LogP contribution is -2.27. The summed E-state index contributed by atoms with van der Waals surface area (Å²) in [6.07, 6.45) is 3.37. The van der Waals surface area contributed by atoms with Gasteiger partial charge in [-0.05, 0) is 25.0 Å². The molecule has 6 nitrogen and oxygen atoms in total. The van der Waals surface area contributed by atoms with E-state index in [1.165, 1.54) is 0 Å². The van der Waals surface area contributed by atoms with Crippen LogP contribution < -0.4 is 15.4 Å². The number of amides is 1. The number of benzene rings is 1. The Morgan fingerprint density at radius 3 is 2.77 bits per heavy atom. The number of imidazole rings is 1. The molecule has 0 radical (unpaired) electrons. The van der Waals surface area contributed by atoms with Crippen molar-refractivity contribution in [1.29, 1.82) is 0 Å². The van der Waals surface area contributed by atoms with Gasteiger partial charge >= 0.3 is 0 Å². The number of hydrogen-bond acceptors (Lipinski definition) is 4. The molecule has 0 spiro atoms. The average molecular weight is 302 g/mol. The van der Waals surface area contributed by atoms with E-state index >= 15 is 0 Å². The molecule has 2 aromatic rings.